The van der Waals surface area contributed by atoms with Crippen molar-refractivity contribution in [2.24, 2.45) is 5.10 Å². The van der Waals surface area contributed by atoms with Gasteiger partial charge in [-0.1, -0.05) is 42.0 Å². The molecule has 1 aromatic heterocycles. The van der Waals surface area contributed by atoms with Crippen LogP contribution in [-0.2, 0) is 10.0 Å². The lowest BCUT2D eigenvalue weighted by molar-refractivity contribution is 0.584. The van der Waals surface area contributed by atoms with Crippen LogP contribution in [0.2, 0.25) is 0 Å². The molecule has 29 heavy (non-hydrogen) atoms. The van der Waals surface area contributed by atoms with Crippen LogP contribution in [0.4, 0.5) is 0 Å². The molecule has 8 heteroatoms. The largest absolute Gasteiger partial charge is 0.276 e. The summed E-state index contributed by atoms with van der Waals surface area (Å²) in [5, 5.41) is 9.47. The second kappa shape index (κ2) is 9.11. The maximum atomic E-state index is 12.4. The highest BCUT2D eigenvalue weighted by molar-refractivity contribution is 7.99. The summed E-state index contributed by atoms with van der Waals surface area (Å²) < 4.78 is 26.7. The number of nitrogens with zero attached hydrogens (tertiary/aromatic N) is 3. The SMILES string of the molecule is C=CCSc1c(/C=N\NS(=O)(=O)c2ccc(C)cc2)c(C)nn1-c1ccccc1. The van der Waals surface area contributed by atoms with Crippen molar-refractivity contribution in [1.29, 1.82) is 0 Å². The van der Waals surface area contributed by atoms with Crippen molar-refractivity contribution < 1.29 is 8.42 Å². The minimum absolute atomic E-state index is 0.165. The molecule has 0 atom stereocenters. The lowest BCUT2D eigenvalue weighted by atomic mass is 10.2. The second-order valence-corrected chi connectivity index (χ2v) is 8.99. The van der Waals surface area contributed by atoms with Gasteiger partial charge in [0, 0.05) is 11.3 Å². The Labute approximate surface area is 175 Å². The molecule has 6 nitrogen and oxygen atoms in total. The zero-order valence-corrected chi connectivity index (χ0v) is 17.9. The van der Waals surface area contributed by atoms with Crippen molar-refractivity contribution in [3.8, 4) is 5.69 Å². The number of sulfonamides is 1. The van der Waals surface area contributed by atoms with Gasteiger partial charge in [-0.15, -0.1) is 18.3 Å². The van der Waals surface area contributed by atoms with E-state index in [2.05, 4.69) is 21.6 Å². The van der Waals surface area contributed by atoms with Gasteiger partial charge in [0.15, 0.2) is 0 Å². The van der Waals surface area contributed by atoms with Crippen molar-refractivity contribution in [3.05, 3.63) is 84.1 Å². The molecule has 3 aromatic rings. The van der Waals surface area contributed by atoms with Crippen LogP contribution >= 0.6 is 11.8 Å². The number of hydrogen-bond donors (Lipinski definition) is 1. The third kappa shape index (κ3) is 4.96. The number of benzene rings is 2. The molecule has 0 amide bonds. The monoisotopic (exact) mass is 426 g/mol. The molecule has 0 aliphatic heterocycles. The molecule has 2 aromatic carbocycles. The maximum absolute atomic E-state index is 12.4. The number of aryl methyl sites for hydroxylation is 2. The van der Waals surface area contributed by atoms with Crippen molar-refractivity contribution in [2.45, 2.75) is 23.8 Å². The molecule has 0 spiro atoms. The van der Waals surface area contributed by atoms with Gasteiger partial charge in [-0.25, -0.2) is 9.51 Å². The number of aromatic nitrogens is 2. The summed E-state index contributed by atoms with van der Waals surface area (Å²) in [4.78, 5) is 2.44. The Morgan fingerprint density at radius 3 is 2.48 bits per heavy atom. The minimum Gasteiger partial charge on any atom is -0.226 e. The normalized spacial score (nSPS) is 11.7. The van der Waals surface area contributed by atoms with E-state index in [9.17, 15) is 8.42 Å². The van der Waals surface area contributed by atoms with Gasteiger partial charge in [0.25, 0.3) is 10.0 Å². The summed E-state index contributed by atoms with van der Waals surface area (Å²) in [5.41, 5.74) is 3.41. The zero-order chi connectivity index (χ0) is 20.9. The molecule has 0 aliphatic carbocycles. The van der Waals surface area contributed by atoms with E-state index in [1.807, 2.05) is 54.9 Å². The molecule has 0 saturated heterocycles. The Balaban J connectivity index is 1.90. The highest BCUT2D eigenvalue weighted by Crippen LogP contribution is 2.27. The predicted octanol–water partition coefficient (Wildman–Crippen LogP) is 4.08. The molecule has 3 rings (SSSR count). The molecule has 1 heterocycles. The third-order valence-corrected chi connectivity index (χ3v) is 6.41. The van der Waals surface area contributed by atoms with E-state index in [1.165, 1.54) is 6.21 Å². The minimum atomic E-state index is -3.73. The summed E-state index contributed by atoms with van der Waals surface area (Å²) >= 11 is 1.56. The number of para-hydroxylation sites is 1. The van der Waals surface area contributed by atoms with Crippen LogP contribution in [0.1, 0.15) is 16.8 Å². The highest BCUT2D eigenvalue weighted by Gasteiger charge is 2.16. The lowest BCUT2D eigenvalue weighted by Gasteiger charge is -2.07. The van der Waals surface area contributed by atoms with Gasteiger partial charge in [-0.05, 0) is 38.1 Å². The van der Waals surface area contributed by atoms with Gasteiger partial charge in [0.1, 0.15) is 5.03 Å². The molecule has 150 valence electrons. The predicted molar refractivity (Wildman–Crippen MR) is 118 cm³/mol. The second-order valence-electron chi connectivity index (χ2n) is 6.32. The zero-order valence-electron chi connectivity index (χ0n) is 16.2. The standard InChI is InChI=1S/C21H22N4O2S2/c1-4-14-28-21-20(17(3)23-25(21)18-8-6-5-7-9-18)15-22-24-29(26,27)19-12-10-16(2)11-13-19/h4-13,15,24H,1,14H2,2-3H3/b22-15-. The van der Waals surface area contributed by atoms with Gasteiger partial charge in [-0.3, -0.25) is 0 Å². The number of hydrogen-bond acceptors (Lipinski definition) is 5. The molecular weight excluding hydrogens is 404 g/mol. The first kappa shape index (κ1) is 20.9. The number of rotatable bonds is 8. The Morgan fingerprint density at radius 1 is 1.14 bits per heavy atom. The maximum Gasteiger partial charge on any atom is 0.276 e. The average Bonchev–Trinajstić information content (AvgIpc) is 3.03. The number of thioether (sulfide) groups is 1. The molecule has 0 unspecified atom stereocenters. The Kier molecular flexibility index (Phi) is 6.56. The summed E-state index contributed by atoms with van der Waals surface area (Å²) in [6.45, 7) is 7.54. The van der Waals surface area contributed by atoms with Crippen molar-refractivity contribution >= 4 is 28.0 Å². The topological polar surface area (TPSA) is 76.3 Å². The molecule has 0 radical (unpaired) electrons. The van der Waals surface area contributed by atoms with E-state index in [0.717, 1.165) is 27.5 Å². The van der Waals surface area contributed by atoms with Crippen LogP contribution in [0.25, 0.3) is 5.69 Å². The van der Waals surface area contributed by atoms with Crippen LogP contribution in [0.15, 0.2) is 82.3 Å². The first-order valence-electron chi connectivity index (χ1n) is 8.92. The molecule has 0 fully saturated rings. The fourth-order valence-corrected chi connectivity index (χ4v) is 4.31. The number of hydrazone groups is 1. The van der Waals surface area contributed by atoms with Crippen LogP contribution < -0.4 is 4.83 Å². The van der Waals surface area contributed by atoms with Gasteiger partial charge < -0.3 is 0 Å². The molecular formula is C21H22N4O2S2. The Morgan fingerprint density at radius 2 is 1.83 bits per heavy atom. The fraction of sp³-hybridized carbons (Fsp3) is 0.143. The molecule has 0 aliphatic rings. The third-order valence-electron chi connectivity index (χ3n) is 4.10. The smallest absolute Gasteiger partial charge is 0.226 e. The quantitative estimate of drug-likeness (QED) is 0.255. The Bertz CT molecular complexity index is 1120. The van der Waals surface area contributed by atoms with E-state index >= 15 is 0 Å². The van der Waals surface area contributed by atoms with E-state index in [-0.39, 0.29) is 4.90 Å². The van der Waals surface area contributed by atoms with E-state index < -0.39 is 10.0 Å². The van der Waals surface area contributed by atoms with Gasteiger partial charge in [0.2, 0.25) is 0 Å². The van der Waals surface area contributed by atoms with Crippen LogP contribution in [0.5, 0.6) is 0 Å². The average molecular weight is 427 g/mol. The number of nitrogens with one attached hydrogen (secondary N) is 1. The van der Waals surface area contributed by atoms with Gasteiger partial charge in [0.05, 0.1) is 22.5 Å². The van der Waals surface area contributed by atoms with E-state index in [0.29, 0.717) is 5.75 Å². The van der Waals surface area contributed by atoms with E-state index in [4.69, 9.17) is 0 Å². The van der Waals surface area contributed by atoms with Crippen molar-refractivity contribution in [2.75, 3.05) is 5.75 Å². The van der Waals surface area contributed by atoms with Gasteiger partial charge >= 0.3 is 0 Å². The summed E-state index contributed by atoms with van der Waals surface area (Å²) in [7, 11) is -3.73. The van der Waals surface area contributed by atoms with Gasteiger partial charge in [-0.2, -0.15) is 18.6 Å². The summed E-state index contributed by atoms with van der Waals surface area (Å²) in [5.74, 6) is 0.688. The summed E-state index contributed by atoms with van der Waals surface area (Å²) in [6, 6.07) is 16.4. The van der Waals surface area contributed by atoms with E-state index in [1.54, 1.807) is 36.0 Å². The van der Waals surface area contributed by atoms with Crippen LogP contribution in [0, 0.1) is 13.8 Å². The Hall–Kier alpha value is -2.84. The fourth-order valence-electron chi connectivity index (χ4n) is 2.62. The molecule has 0 bridgehead atoms. The lowest BCUT2D eigenvalue weighted by Crippen LogP contribution is -2.18. The first-order valence-corrected chi connectivity index (χ1v) is 11.4. The molecule has 1 N–H and O–H groups in total. The van der Waals surface area contributed by atoms with Crippen LogP contribution in [0.3, 0.4) is 0 Å². The molecule has 0 saturated carbocycles. The first-order chi connectivity index (χ1) is 13.9. The van der Waals surface area contributed by atoms with Crippen LogP contribution in [-0.4, -0.2) is 30.2 Å². The summed E-state index contributed by atoms with van der Waals surface area (Å²) in [6.07, 6.45) is 3.31. The van der Waals surface area contributed by atoms with Crippen molar-refractivity contribution in [3.63, 3.8) is 0 Å². The van der Waals surface area contributed by atoms with Crippen molar-refractivity contribution in [1.82, 2.24) is 14.6 Å². The highest BCUT2D eigenvalue weighted by atomic mass is 32.2.